The predicted octanol–water partition coefficient (Wildman–Crippen LogP) is 3.20. The third kappa shape index (κ3) is 2.43. The Morgan fingerprint density at radius 1 is 1.50 bits per heavy atom. The summed E-state index contributed by atoms with van der Waals surface area (Å²) in [7, 11) is 0. The van der Waals surface area contributed by atoms with Crippen molar-refractivity contribution >= 4 is 29.9 Å². The molecule has 1 aliphatic carbocycles. The van der Waals surface area contributed by atoms with E-state index in [0.29, 0.717) is 17.9 Å². The summed E-state index contributed by atoms with van der Waals surface area (Å²) < 4.78 is 0. The van der Waals surface area contributed by atoms with Gasteiger partial charge in [0.2, 0.25) is 0 Å². The fourth-order valence-corrected chi connectivity index (χ4v) is 3.30. The van der Waals surface area contributed by atoms with Crippen molar-refractivity contribution in [2.24, 2.45) is 11.8 Å². The minimum atomic E-state index is 0.0521. The maximum absolute atomic E-state index is 11.9. The molecular formula is C12H17NOS2. The maximum atomic E-state index is 11.9. The van der Waals surface area contributed by atoms with Crippen LogP contribution in [0.3, 0.4) is 0 Å². The second-order valence-electron chi connectivity index (χ2n) is 4.66. The molecule has 1 aromatic heterocycles. The Morgan fingerprint density at radius 3 is 2.75 bits per heavy atom. The van der Waals surface area contributed by atoms with Gasteiger partial charge in [0.25, 0.3) is 5.91 Å². The first-order valence-electron chi connectivity index (χ1n) is 5.66. The van der Waals surface area contributed by atoms with Crippen molar-refractivity contribution in [1.82, 2.24) is 5.32 Å². The largest absolute Gasteiger partial charge is 0.348 e. The van der Waals surface area contributed by atoms with Gasteiger partial charge in [-0.3, -0.25) is 4.79 Å². The summed E-state index contributed by atoms with van der Waals surface area (Å²) in [5, 5.41) is 5.01. The van der Waals surface area contributed by atoms with Crippen LogP contribution in [-0.4, -0.2) is 11.9 Å². The average Bonchev–Trinajstić information content (AvgIpc) is 2.79. The molecule has 4 heteroatoms. The lowest BCUT2D eigenvalue weighted by atomic mass is 9.98. The zero-order valence-corrected chi connectivity index (χ0v) is 11.3. The normalized spacial score (nSPS) is 29.3. The molecule has 0 saturated heterocycles. The quantitative estimate of drug-likeness (QED) is 0.781. The van der Waals surface area contributed by atoms with E-state index in [4.69, 9.17) is 0 Å². The molecule has 0 aliphatic heterocycles. The first kappa shape index (κ1) is 12.0. The molecule has 0 radical (unpaired) electrons. The van der Waals surface area contributed by atoms with E-state index in [1.54, 1.807) is 0 Å². The standard InChI is InChI=1S/C12H17NOS2/c1-7-3-4-10(8(7)2)13-12(14)11-5-9(15)6-16-11/h5-8,10,15H,3-4H2,1-2H3,(H,13,14). The van der Waals surface area contributed by atoms with Crippen LogP contribution in [-0.2, 0) is 0 Å². The van der Waals surface area contributed by atoms with Crippen molar-refractivity contribution in [3.8, 4) is 0 Å². The molecule has 1 fully saturated rings. The van der Waals surface area contributed by atoms with Crippen LogP contribution in [0.25, 0.3) is 0 Å². The van der Waals surface area contributed by atoms with Crippen LogP contribution in [0.4, 0.5) is 0 Å². The highest BCUT2D eigenvalue weighted by Gasteiger charge is 2.30. The highest BCUT2D eigenvalue weighted by Crippen LogP contribution is 2.31. The van der Waals surface area contributed by atoms with E-state index in [0.717, 1.165) is 16.2 Å². The van der Waals surface area contributed by atoms with Crippen LogP contribution >= 0.6 is 24.0 Å². The number of carbonyl (C=O) groups is 1. The highest BCUT2D eigenvalue weighted by atomic mass is 32.1. The van der Waals surface area contributed by atoms with Gasteiger partial charge in [0.05, 0.1) is 4.88 Å². The van der Waals surface area contributed by atoms with Gasteiger partial charge in [0, 0.05) is 16.3 Å². The lowest BCUT2D eigenvalue weighted by Crippen LogP contribution is -2.36. The van der Waals surface area contributed by atoms with Crippen LogP contribution in [0.5, 0.6) is 0 Å². The molecule has 0 bridgehead atoms. The molecule has 3 atom stereocenters. The predicted molar refractivity (Wildman–Crippen MR) is 70.4 cm³/mol. The Bertz CT molecular complexity index is 388. The molecule has 0 aromatic carbocycles. The van der Waals surface area contributed by atoms with E-state index < -0.39 is 0 Å². The zero-order chi connectivity index (χ0) is 11.7. The number of thiophene rings is 1. The summed E-state index contributed by atoms with van der Waals surface area (Å²) in [5.74, 6) is 1.35. The fourth-order valence-electron chi connectivity index (χ4n) is 2.25. The summed E-state index contributed by atoms with van der Waals surface area (Å²) in [5.41, 5.74) is 0. The first-order chi connectivity index (χ1) is 7.58. The number of carbonyl (C=O) groups excluding carboxylic acids is 1. The zero-order valence-electron chi connectivity index (χ0n) is 9.56. The van der Waals surface area contributed by atoms with Crippen molar-refractivity contribution < 1.29 is 4.79 Å². The molecule has 1 amide bonds. The van der Waals surface area contributed by atoms with Gasteiger partial charge in [-0.25, -0.2) is 0 Å². The van der Waals surface area contributed by atoms with Gasteiger partial charge in [-0.05, 0) is 30.7 Å². The van der Waals surface area contributed by atoms with Crippen LogP contribution in [0.1, 0.15) is 36.4 Å². The van der Waals surface area contributed by atoms with Crippen molar-refractivity contribution in [3.63, 3.8) is 0 Å². The number of thiol groups is 1. The Hall–Kier alpha value is -0.480. The number of rotatable bonds is 2. The second kappa shape index (κ2) is 4.80. The molecule has 16 heavy (non-hydrogen) atoms. The van der Waals surface area contributed by atoms with Crippen molar-refractivity contribution in [1.29, 1.82) is 0 Å². The number of hydrogen-bond acceptors (Lipinski definition) is 3. The Kier molecular flexibility index (Phi) is 3.60. The van der Waals surface area contributed by atoms with Crippen LogP contribution in [0, 0.1) is 11.8 Å². The minimum absolute atomic E-state index is 0.0521. The summed E-state index contributed by atoms with van der Waals surface area (Å²) in [4.78, 5) is 13.6. The van der Waals surface area contributed by atoms with Crippen LogP contribution < -0.4 is 5.32 Å². The number of hydrogen-bond donors (Lipinski definition) is 2. The molecule has 1 aromatic rings. The molecular weight excluding hydrogens is 238 g/mol. The first-order valence-corrected chi connectivity index (χ1v) is 6.99. The summed E-state index contributed by atoms with van der Waals surface area (Å²) in [6.07, 6.45) is 2.32. The minimum Gasteiger partial charge on any atom is -0.348 e. The van der Waals surface area contributed by atoms with E-state index in [1.807, 2.05) is 11.4 Å². The van der Waals surface area contributed by atoms with Crippen molar-refractivity contribution in [3.05, 3.63) is 16.3 Å². The average molecular weight is 255 g/mol. The van der Waals surface area contributed by atoms with E-state index in [-0.39, 0.29) is 5.91 Å². The van der Waals surface area contributed by atoms with Gasteiger partial charge in [-0.15, -0.1) is 24.0 Å². The van der Waals surface area contributed by atoms with E-state index in [1.165, 1.54) is 17.8 Å². The molecule has 1 N–H and O–H groups in total. The molecule has 2 rings (SSSR count). The Balaban J connectivity index is 1.98. The lowest BCUT2D eigenvalue weighted by Gasteiger charge is -2.19. The monoisotopic (exact) mass is 255 g/mol. The van der Waals surface area contributed by atoms with Crippen molar-refractivity contribution in [2.75, 3.05) is 0 Å². The SMILES string of the molecule is CC1CCC(NC(=O)c2cc(S)cs2)C1C. The molecule has 2 nitrogen and oxygen atoms in total. The number of nitrogens with one attached hydrogen (secondary N) is 1. The third-order valence-electron chi connectivity index (χ3n) is 3.59. The summed E-state index contributed by atoms with van der Waals surface area (Å²) in [6, 6.07) is 2.17. The van der Waals surface area contributed by atoms with Gasteiger partial charge >= 0.3 is 0 Å². The van der Waals surface area contributed by atoms with Crippen LogP contribution in [0.2, 0.25) is 0 Å². The maximum Gasteiger partial charge on any atom is 0.261 e. The second-order valence-corrected chi connectivity index (χ2v) is 6.09. The summed E-state index contributed by atoms with van der Waals surface area (Å²) in [6.45, 7) is 4.48. The van der Waals surface area contributed by atoms with Crippen molar-refractivity contribution in [2.45, 2.75) is 37.6 Å². The van der Waals surface area contributed by atoms with Gasteiger partial charge in [-0.1, -0.05) is 13.8 Å². The molecule has 3 unspecified atom stereocenters. The van der Waals surface area contributed by atoms with Gasteiger partial charge in [0.1, 0.15) is 0 Å². The molecule has 88 valence electrons. The third-order valence-corrected chi connectivity index (χ3v) is 4.95. The number of amides is 1. The smallest absolute Gasteiger partial charge is 0.261 e. The topological polar surface area (TPSA) is 29.1 Å². The lowest BCUT2D eigenvalue weighted by molar-refractivity contribution is 0.0931. The van der Waals surface area contributed by atoms with Crippen LogP contribution in [0.15, 0.2) is 16.3 Å². The van der Waals surface area contributed by atoms with Gasteiger partial charge < -0.3 is 5.32 Å². The summed E-state index contributed by atoms with van der Waals surface area (Å²) >= 11 is 5.67. The van der Waals surface area contributed by atoms with E-state index in [2.05, 4.69) is 31.8 Å². The molecule has 0 spiro atoms. The Morgan fingerprint density at radius 2 is 2.25 bits per heavy atom. The van der Waals surface area contributed by atoms with E-state index in [9.17, 15) is 4.79 Å². The molecule has 1 saturated carbocycles. The fraction of sp³-hybridized carbons (Fsp3) is 0.583. The molecule has 1 aliphatic rings. The Labute approximate surface area is 106 Å². The van der Waals surface area contributed by atoms with Gasteiger partial charge in [-0.2, -0.15) is 0 Å². The molecule has 1 heterocycles. The van der Waals surface area contributed by atoms with E-state index >= 15 is 0 Å². The highest BCUT2D eigenvalue weighted by molar-refractivity contribution is 7.80. The van der Waals surface area contributed by atoms with Gasteiger partial charge in [0.15, 0.2) is 0 Å².